The van der Waals surface area contributed by atoms with E-state index < -0.39 is 0 Å². The molecule has 1 heterocycles. The van der Waals surface area contributed by atoms with Gasteiger partial charge in [0.2, 0.25) is 0 Å². The summed E-state index contributed by atoms with van der Waals surface area (Å²) in [7, 11) is 0. The van der Waals surface area contributed by atoms with E-state index in [2.05, 4.69) is 19.2 Å². The van der Waals surface area contributed by atoms with Gasteiger partial charge in [-0.15, -0.1) is 0 Å². The van der Waals surface area contributed by atoms with Crippen LogP contribution in [0.4, 0.5) is 0 Å². The highest BCUT2D eigenvalue weighted by atomic mass is 15.0. The first-order valence-corrected chi connectivity index (χ1v) is 5.25. The van der Waals surface area contributed by atoms with Crippen molar-refractivity contribution >= 4 is 0 Å². The van der Waals surface area contributed by atoms with Crippen molar-refractivity contribution in [2.24, 2.45) is 5.73 Å². The highest BCUT2D eigenvalue weighted by molar-refractivity contribution is 4.95. The molecule has 1 saturated heterocycles. The predicted molar refractivity (Wildman–Crippen MR) is 53.1 cm³/mol. The highest BCUT2D eigenvalue weighted by Crippen LogP contribution is 2.22. The van der Waals surface area contributed by atoms with E-state index in [-0.39, 0.29) is 5.54 Å². The molecule has 0 aliphatic carbocycles. The van der Waals surface area contributed by atoms with Crippen LogP contribution in [0.15, 0.2) is 0 Å². The second-order valence-electron chi connectivity index (χ2n) is 3.94. The molecule has 72 valence electrons. The number of hydrogen-bond donors (Lipinski definition) is 2. The quantitative estimate of drug-likeness (QED) is 0.676. The zero-order valence-electron chi connectivity index (χ0n) is 8.40. The molecular formula is C10H22N2. The summed E-state index contributed by atoms with van der Waals surface area (Å²) in [4.78, 5) is 0. The molecule has 2 heteroatoms. The lowest BCUT2D eigenvalue weighted by Crippen LogP contribution is -2.57. The van der Waals surface area contributed by atoms with Gasteiger partial charge >= 0.3 is 0 Å². The molecule has 0 aromatic carbocycles. The maximum atomic E-state index is 6.31. The van der Waals surface area contributed by atoms with Crippen LogP contribution in [0.1, 0.15) is 46.0 Å². The van der Waals surface area contributed by atoms with Crippen LogP contribution in [-0.2, 0) is 0 Å². The van der Waals surface area contributed by atoms with Crippen LogP contribution < -0.4 is 11.1 Å². The van der Waals surface area contributed by atoms with Crippen molar-refractivity contribution in [3.63, 3.8) is 0 Å². The topological polar surface area (TPSA) is 38.0 Å². The second kappa shape index (κ2) is 4.24. The van der Waals surface area contributed by atoms with Gasteiger partial charge < -0.3 is 11.1 Å². The maximum Gasteiger partial charge on any atom is 0.0304 e. The normalized spacial score (nSPS) is 25.8. The Morgan fingerprint density at radius 2 is 2.00 bits per heavy atom. The molecule has 0 aromatic rings. The first kappa shape index (κ1) is 10.0. The van der Waals surface area contributed by atoms with Crippen LogP contribution >= 0.6 is 0 Å². The Bertz CT molecular complexity index is 124. The minimum atomic E-state index is 0.0421. The van der Waals surface area contributed by atoms with Crippen LogP contribution in [-0.4, -0.2) is 18.1 Å². The van der Waals surface area contributed by atoms with Crippen molar-refractivity contribution in [2.45, 2.75) is 57.5 Å². The summed E-state index contributed by atoms with van der Waals surface area (Å²) in [6.07, 6.45) is 6.09. The van der Waals surface area contributed by atoms with E-state index >= 15 is 0 Å². The van der Waals surface area contributed by atoms with Crippen LogP contribution in [0.5, 0.6) is 0 Å². The molecule has 1 aliphatic rings. The van der Waals surface area contributed by atoms with E-state index in [0.29, 0.717) is 6.04 Å². The molecule has 1 rings (SSSR count). The van der Waals surface area contributed by atoms with Crippen LogP contribution in [0.2, 0.25) is 0 Å². The Kier molecular flexibility index (Phi) is 3.53. The summed E-state index contributed by atoms with van der Waals surface area (Å²) in [5.41, 5.74) is 6.35. The molecular weight excluding hydrogens is 148 g/mol. The molecule has 0 aromatic heterocycles. The van der Waals surface area contributed by atoms with Crippen molar-refractivity contribution in [2.75, 3.05) is 6.54 Å². The highest BCUT2D eigenvalue weighted by Gasteiger charge is 2.31. The lowest BCUT2D eigenvalue weighted by molar-refractivity contribution is 0.235. The first-order chi connectivity index (χ1) is 5.73. The third-order valence-electron chi connectivity index (χ3n) is 3.32. The van der Waals surface area contributed by atoms with Gasteiger partial charge in [0.1, 0.15) is 0 Å². The third-order valence-corrected chi connectivity index (χ3v) is 3.32. The zero-order valence-corrected chi connectivity index (χ0v) is 8.40. The summed E-state index contributed by atoms with van der Waals surface area (Å²) in [6, 6.07) is 0.557. The lowest BCUT2D eigenvalue weighted by Gasteiger charge is -2.39. The van der Waals surface area contributed by atoms with E-state index in [4.69, 9.17) is 5.73 Å². The van der Waals surface area contributed by atoms with Crippen molar-refractivity contribution in [1.82, 2.24) is 5.32 Å². The fourth-order valence-corrected chi connectivity index (χ4v) is 2.09. The Morgan fingerprint density at radius 1 is 1.33 bits per heavy atom. The van der Waals surface area contributed by atoms with Gasteiger partial charge in [-0.1, -0.05) is 20.3 Å². The van der Waals surface area contributed by atoms with Crippen LogP contribution in [0, 0.1) is 0 Å². The molecule has 2 nitrogen and oxygen atoms in total. The Morgan fingerprint density at radius 3 is 2.42 bits per heavy atom. The van der Waals surface area contributed by atoms with Crippen molar-refractivity contribution in [3.8, 4) is 0 Å². The fourth-order valence-electron chi connectivity index (χ4n) is 2.09. The minimum Gasteiger partial charge on any atom is -0.324 e. The number of hydrogen-bond acceptors (Lipinski definition) is 2. The Balaban J connectivity index is 2.51. The molecule has 1 atom stereocenters. The molecule has 1 unspecified atom stereocenters. The van der Waals surface area contributed by atoms with Gasteiger partial charge in [-0.3, -0.25) is 0 Å². The third kappa shape index (κ3) is 1.99. The number of nitrogens with one attached hydrogen (secondary N) is 1. The fraction of sp³-hybridized carbons (Fsp3) is 1.00. The van der Waals surface area contributed by atoms with Crippen molar-refractivity contribution in [1.29, 1.82) is 0 Å². The van der Waals surface area contributed by atoms with Gasteiger partial charge in [-0.2, -0.15) is 0 Å². The molecule has 0 radical (unpaired) electrons. The minimum absolute atomic E-state index is 0.0421. The van der Waals surface area contributed by atoms with Gasteiger partial charge in [-0.25, -0.2) is 0 Å². The van der Waals surface area contributed by atoms with E-state index in [0.717, 1.165) is 19.4 Å². The first-order valence-electron chi connectivity index (χ1n) is 5.25. The monoisotopic (exact) mass is 170 g/mol. The number of piperidine rings is 1. The molecule has 0 amide bonds. The summed E-state index contributed by atoms with van der Waals surface area (Å²) >= 11 is 0. The molecule has 3 N–H and O–H groups in total. The SMILES string of the molecule is CCC(N)(CC)C1CCCCN1. The molecule has 1 aliphatic heterocycles. The van der Waals surface area contributed by atoms with Gasteiger partial charge in [0, 0.05) is 11.6 Å². The summed E-state index contributed by atoms with van der Waals surface area (Å²) in [6.45, 7) is 5.54. The number of nitrogens with two attached hydrogens (primary N) is 1. The van der Waals surface area contributed by atoms with Gasteiger partial charge in [0.15, 0.2) is 0 Å². The molecule has 12 heavy (non-hydrogen) atoms. The standard InChI is InChI=1S/C10H22N2/c1-3-10(11,4-2)9-7-5-6-8-12-9/h9,12H,3-8,11H2,1-2H3. The molecule has 0 bridgehead atoms. The summed E-state index contributed by atoms with van der Waals surface area (Å²) < 4.78 is 0. The Labute approximate surface area is 75.9 Å². The zero-order chi connectivity index (χ0) is 9.03. The second-order valence-corrected chi connectivity index (χ2v) is 3.94. The summed E-state index contributed by atoms with van der Waals surface area (Å²) in [5, 5.41) is 3.54. The van der Waals surface area contributed by atoms with Crippen molar-refractivity contribution < 1.29 is 0 Å². The van der Waals surface area contributed by atoms with Crippen molar-refractivity contribution in [3.05, 3.63) is 0 Å². The van der Waals surface area contributed by atoms with Gasteiger partial charge in [0.05, 0.1) is 0 Å². The van der Waals surface area contributed by atoms with Gasteiger partial charge in [0.25, 0.3) is 0 Å². The van der Waals surface area contributed by atoms with E-state index in [1.165, 1.54) is 19.3 Å². The van der Waals surface area contributed by atoms with Gasteiger partial charge in [-0.05, 0) is 32.2 Å². The largest absolute Gasteiger partial charge is 0.324 e. The Hall–Kier alpha value is -0.0800. The average Bonchev–Trinajstić information content (AvgIpc) is 2.18. The lowest BCUT2D eigenvalue weighted by atomic mass is 9.81. The summed E-state index contributed by atoms with van der Waals surface area (Å²) in [5.74, 6) is 0. The van der Waals surface area contributed by atoms with E-state index in [1.54, 1.807) is 0 Å². The van der Waals surface area contributed by atoms with Crippen LogP contribution in [0.3, 0.4) is 0 Å². The van der Waals surface area contributed by atoms with Crippen LogP contribution in [0.25, 0.3) is 0 Å². The number of rotatable bonds is 3. The predicted octanol–water partition coefficient (Wildman–Crippen LogP) is 1.65. The van der Waals surface area contributed by atoms with E-state index in [9.17, 15) is 0 Å². The molecule has 0 spiro atoms. The maximum absolute atomic E-state index is 6.31. The molecule has 0 saturated carbocycles. The van der Waals surface area contributed by atoms with E-state index in [1.807, 2.05) is 0 Å². The average molecular weight is 170 g/mol. The molecule has 1 fully saturated rings. The smallest absolute Gasteiger partial charge is 0.0304 e.